The minimum Gasteiger partial charge on any atom is -0.491 e. The van der Waals surface area contributed by atoms with Gasteiger partial charge in [0.05, 0.1) is 6.10 Å². The van der Waals surface area contributed by atoms with Gasteiger partial charge in [-0.2, -0.15) is 0 Å². The second-order valence-corrected chi connectivity index (χ2v) is 6.31. The van der Waals surface area contributed by atoms with Crippen molar-refractivity contribution in [2.75, 3.05) is 25.1 Å². The van der Waals surface area contributed by atoms with E-state index >= 15 is 0 Å². The van der Waals surface area contributed by atoms with Crippen molar-refractivity contribution in [3.63, 3.8) is 0 Å². The van der Waals surface area contributed by atoms with Gasteiger partial charge in [0.25, 0.3) is 5.91 Å². The monoisotopic (exact) mass is 355 g/mol. The van der Waals surface area contributed by atoms with Crippen LogP contribution < -0.4 is 14.8 Å². The Labute approximate surface area is 154 Å². The first-order valence-corrected chi connectivity index (χ1v) is 9.09. The Morgan fingerprint density at radius 3 is 2.73 bits per heavy atom. The molecule has 138 valence electrons. The minimum absolute atomic E-state index is 0.0336. The summed E-state index contributed by atoms with van der Waals surface area (Å²) in [4.78, 5) is 12.1. The number of hydrogen-bond donors (Lipinski definition) is 1. The van der Waals surface area contributed by atoms with Gasteiger partial charge in [-0.15, -0.1) is 0 Å². The number of amides is 1. The number of hydrogen-bond acceptors (Lipinski definition) is 4. The number of rotatable bonds is 8. The van der Waals surface area contributed by atoms with E-state index in [0.29, 0.717) is 18.0 Å². The zero-order valence-corrected chi connectivity index (χ0v) is 15.1. The van der Waals surface area contributed by atoms with E-state index in [9.17, 15) is 4.79 Å². The van der Waals surface area contributed by atoms with Gasteiger partial charge in [0.15, 0.2) is 6.61 Å². The lowest BCUT2D eigenvalue weighted by Crippen LogP contribution is -2.20. The number of benzene rings is 2. The molecule has 26 heavy (non-hydrogen) atoms. The smallest absolute Gasteiger partial charge is 0.262 e. The van der Waals surface area contributed by atoms with Crippen molar-refractivity contribution in [1.82, 2.24) is 0 Å². The maximum absolute atomic E-state index is 12.1. The van der Waals surface area contributed by atoms with Crippen LogP contribution in [0.3, 0.4) is 0 Å². The van der Waals surface area contributed by atoms with Crippen LogP contribution in [-0.2, 0) is 16.0 Å². The average Bonchev–Trinajstić information content (AvgIpc) is 3.19. The Morgan fingerprint density at radius 2 is 1.96 bits per heavy atom. The fourth-order valence-corrected chi connectivity index (χ4v) is 2.83. The van der Waals surface area contributed by atoms with Gasteiger partial charge < -0.3 is 19.5 Å². The quantitative estimate of drug-likeness (QED) is 0.782. The second-order valence-electron chi connectivity index (χ2n) is 6.31. The van der Waals surface area contributed by atoms with Crippen LogP contribution in [0.15, 0.2) is 48.5 Å². The van der Waals surface area contributed by atoms with E-state index in [2.05, 4.69) is 12.2 Å². The lowest BCUT2D eigenvalue weighted by atomic mass is 10.2. The number of aryl methyl sites for hydroxylation is 1. The highest BCUT2D eigenvalue weighted by atomic mass is 16.5. The van der Waals surface area contributed by atoms with Crippen LogP contribution in [0, 0.1) is 0 Å². The number of ether oxygens (including phenoxy) is 3. The Hall–Kier alpha value is -2.53. The van der Waals surface area contributed by atoms with E-state index < -0.39 is 0 Å². The first-order valence-electron chi connectivity index (χ1n) is 9.09. The van der Waals surface area contributed by atoms with Crippen LogP contribution >= 0.6 is 0 Å². The van der Waals surface area contributed by atoms with Gasteiger partial charge in [0.1, 0.15) is 18.1 Å². The number of carbonyl (C=O) groups is 1. The first kappa shape index (κ1) is 18.3. The molecule has 1 heterocycles. The molecule has 1 saturated heterocycles. The zero-order chi connectivity index (χ0) is 18.2. The Bertz CT molecular complexity index is 725. The molecule has 1 atom stereocenters. The van der Waals surface area contributed by atoms with E-state index in [4.69, 9.17) is 14.2 Å². The Kier molecular flexibility index (Phi) is 6.50. The molecule has 0 aromatic heterocycles. The van der Waals surface area contributed by atoms with Gasteiger partial charge in [0, 0.05) is 18.4 Å². The SMILES string of the molecule is CCc1cccc(OCC(=O)Nc2cccc(OCC3CCCO3)c2)c1. The van der Waals surface area contributed by atoms with Crippen molar-refractivity contribution < 1.29 is 19.0 Å². The predicted octanol–water partition coefficient (Wildman–Crippen LogP) is 3.82. The van der Waals surface area contributed by atoms with Crippen molar-refractivity contribution in [1.29, 1.82) is 0 Å². The molecular weight excluding hydrogens is 330 g/mol. The fraction of sp³-hybridized carbons (Fsp3) is 0.381. The molecule has 0 radical (unpaired) electrons. The highest BCUT2D eigenvalue weighted by Gasteiger charge is 2.16. The average molecular weight is 355 g/mol. The third-order valence-corrected chi connectivity index (χ3v) is 4.25. The van der Waals surface area contributed by atoms with Crippen LogP contribution in [0.25, 0.3) is 0 Å². The van der Waals surface area contributed by atoms with Crippen LogP contribution in [0.2, 0.25) is 0 Å². The third-order valence-electron chi connectivity index (χ3n) is 4.25. The standard InChI is InChI=1S/C21H25NO4/c1-2-16-6-3-8-18(12-16)26-15-21(23)22-17-7-4-9-19(13-17)25-14-20-10-5-11-24-20/h3-4,6-9,12-13,20H,2,5,10-11,14-15H2,1H3,(H,22,23). The summed E-state index contributed by atoms with van der Waals surface area (Å²) in [5.74, 6) is 1.21. The van der Waals surface area contributed by atoms with Crippen molar-refractivity contribution in [2.24, 2.45) is 0 Å². The molecular formula is C21H25NO4. The van der Waals surface area contributed by atoms with Gasteiger partial charge in [0.2, 0.25) is 0 Å². The molecule has 0 bridgehead atoms. The molecule has 1 fully saturated rings. The zero-order valence-electron chi connectivity index (χ0n) is 15.1. The molecule has 0 saturated carbocycles. The van der Waals surface area contributed by atoms with Crippen LogP contribution in [0.4, 0.5) is 5.69 Å². The number of nitrogens with one attached hydrogen (secondary N) is 1. The Balaban J connectivity index is 1.48. The molecule has 2 aromatic rings. The van der Waals surface area contributed by atoms with Crippen LogP contribution in [-0.4, -0.2) is 31.8 Å². The molecule has 1 aliphatic heterocycles. The van der Waals surface area contributed by atoms with Crippen molar-refractivity contribution in [2.45, 2.75) is 32.3 Å². The molecule has 0 aliphatic carbocycles. The number of anilines is 1. The second kappa shape index (κ2) is 9.25. The van der Waals surface area contributed by atoms with Crippen molar-refractivity contribution in [3.05, 3.63) is 54.1 Å². The predicted molar refractivity (Wildman–Crippen MR) is 101 cm³/mol. The molecule has 0 spiro atoms. The summed E-state index contributed by atoms with van der Waals surface area (Å²) in [7, 11) is 0. The van der Waals surface area contributed by atoms with Gasteiger partial charge in [-0.25, -0.2) is 0 Å². The van der Waals surface area contributed by atoms with E-state index in [-0.39, 0.29) is 18.6 Å². The lowest BCUT2D eigenvalue weighted by molar-refractivity contribution is -0.118. The summed E-state index contributed by atoms with van der Waals surface area (Å²) in [5, 5.41) is 2.83. The number of carbonyl (C=O) groups excluding carboxylic acids is 1. The van der Waals surface area contributed by atoms with E-state index in [0.717, 1.165) is 31.6 Å². The summed E-state index contributed by atoms with van der Waals surface area (Å²) in [6.45, 7) is 3.40. The minimum atomic E-state index is -0.205. The summed E-state index contributed by atoms with van der Waals surface area (Å²) in [5.41, 5.74) is 1.87. The highest BCUT2D eigenvalue weighted by molar-refractivity contribution is 5.92. The maximum Gasteiger partial charge on any atom is 0.262 e. The molecule has 1 N–H and O–H groups in total. The van der Waals surface area contributed by atoms with Crippen molar-refractivity contribution in [3.8, 4) is 11.5 Å². The van der Waals surface area contributed by atoms with Crippen LogP contribution in [0.5, 0.6) is 11.5 Å². The molecule has 1 unspecified atom stereocenters. The molecule has 1 amide bonds. The van der Waals surface area contributed by atoms with Gasteiger partial charge in [-0.05, 0) is 49.1 Å². The normalized spacial score (nSPS) is 16.3. The molecule has 3 rings (SSSR count). The summed E-state index contributed by atoms with van der Waals surface area (Å²) < 4.78 is 16.9. The van der Waals surface area contributed by atoms with Crippen LogP contribution in [0.1, 0.15) is 25.3 Å². The molecule has 2 aromatic carbocycles. The molecule has 1 aliphatic rings. The van der Waals surface area contributed by atoms with E-state index in [1.807, 2.05) is 48.5 Å². The Morgan fingerprint density at radius 1 is 1.15 bits per heavy atom. The molecule has 5 heteroatoms. The van der Waals surface area contributed by atoms with E-state index in [1.54, 1.807) is 0 Å². The highest BCUT2D eigenvalue weighted by Crippen LogP contribution is 2.20. The lowest BCUT2D eigenvalue weighted by Gasteiger charge is -2.13. The van der Waals surface area contributed by atoms with Gasteiger partial charge in [-0.3, -0.25) is 4.79 Å². The third kappa shape index (κ3) is 5.49. The van der Waals surface area contributed by atoms with Crippen molar-refractivity contribution >= 4 is 11.6 Å². The summed E-state index contributed by atoms with van der Waals surface area (Å²) in [6.07, 6.45) is 3.22. The fourth-order valence-electron chi connectivity index (χ4n) is 2.83. The van der Waals surface area contributed by atoms with E-state index in [1.165, 1.54) is 5.56 Å². The molecule has 5 nitrogen and oxygen atoms in total. The summed E-state index contributed by atoms with van der Waals surface area (Å²) in [6, 6.07) is 15.1. The van der Waals surface area contributed by atoms with Gasteiger partial charge >= 0.3 is 0 Å². The maximum atomic E-state index is 12.1. The first-order chi connectivity index (χ1) is 12.7. The topological polar surface area (TPSA) is 56.8 Å². The largest absolute Gasteiger partial charge is 0.491 e. The summed E-state index contributed by atoms with van der Waals surface area (Å²) >= 11 is 0. The van der Waals surface area contributed by atoms with Gasteiger partial charge in [-0.1, -0.05) is 25.1 Å².